The van der Waals surface area contributed by atoms with Crippen LogP contribution in [0.15, 0.2) is 73.1 Å². The molecule has 1 N–H and O–H groups in total. The van der Waals surface area contributed by atoms with E-state index in [2.05, 4.69) is 35.1 Å². The third-order valence-corrected chi connectivity index (χ3v) is 5.74. The number of halogens is 1. The number of hydrogen-bond donors (Lipinski definition) is 1. The number of aryl methyl sites for hydroxylation is 1. The predicted octanol–water partition coefficient (Wildman–Crippen LogP) is 5.09. The largest absolute Gasteiger partial charge is 0.457 e. The zero-order valence-electron chi connectivity index (χ0n) is 18.7. The molecule has 5 rings (SSSR count). The van der Waals surface area contributed by atoms with E-state index < -0.39 is 0 Å². The highest BCUT2D eigenvalue weighted by Gasteiger charge is 2.20. The topological polar surface area (TPSA) is 79.3 Å². The second-order valence-corrected chi connectivity index (χ2v) is 8.33. The van der Waals surface area contributed by atoms with E-state index >= 15 is 0 Å². The van der Waals surface area contributed by atoms with Crippen LogP contribution in [0.5, 0.6) is 11.5 Å². The lowest BCUT2D eigenvalue weighted by molar-refractivity contribution is 0.483. The molecule has 0 amide bonds. The van der Waals surface area contributed by atoms with Crippen LogP contribution >= 0.6 is 11.6 Å². The number of pyridine rings is 1. The normalized spacial score (nSPS) is 13.6. The molecule has 0 atom stereocenters. The van der Waals surface area contributed by atoms with Crippen LogP contribution < -0.4 is 19.9 Å². The minimum atomic E-state index is 0.519. The molecule has 0 unspecified atom stereocenters. The monoisotopic (exact) mass is 473 g/mol. The maximum absolute atomic E-state index is 5.93. The summed E-state index contributed by atoms with van der Waals surface area (Å²) in [6.45, 7) is 5.34. The molecule has 8 nitrogen and oxygen atoms in total. The molecule has 9 heteroatoms. The van der Waals surface area contributed by atoms with Crippen molar-refractivity contribution in [3.8, 4) is 11.5 Å². The van der Waals surface area contributed by atoms with E-state index in [1.165, 1.54) is 5.69 Å². The van der Waals surface area contributed by atoms with Crippen molar-refractivity contribution in [2.45, 2.75) is 6.92 Å². The van der Waals surface area contributed by atoms with Gasteiger partial charge in [0.05, 0.1) is 0 Å². The first-order chi connectivity index (χ1) is 16.6. The van der Waals surface area contributed by atoms with Gasteiger partial charge in [0, 0.05) is 55.0 Å². The SMILES string of the molecule is Cc1nc(Nc2ccc(Oc3ccc(Cl)cc3)cc2)nc(N2CCN(c3ccncc3)CC2)n1. The van der Waals surface area contributed by atoms with Crippen LogP contribution in [-0.2, 0) is 0 Å². The minimum Gasteiger partial charge on any atom is -0.457 e. The van der Waals surface area contributed by atoms with E-state index in [-0.39, 0.29) is 0 Å². The summed E-state index contributed by atoms with van der Waals surface area (Å²) in [5, 5.41) is 3.95. The molecule has 1 aliphatic heterocycles. The van der Waals surface area contributed by atoms with E-state index in [1.54, 1.807) is 12.1 Å². The Morgan fingerprint density at radius 1 is 0.765 bits per heavy atom. The molecule has 1 fully saturated rings. The summed E-state index contributed by atoms with van der Waals surface area (Å²) in [5.74, 6) is 3.34. The molecular formula is C25H24ClN7O. The number of nitrogens with zero attached hydrogens (tertiary/aromatic N) is 6. The summed E-state index contributed by atoms with van der Waals surface area (Å²) < 4.78 is 5.85. The fraction of sp³-hybridized carbons (Fsp3) is 0.200. The molecule has 2 aromatic heterocycles. The summed E-state index contributed by atoms with van der Waals surface area (Å²) in [5.41, 5.74) is 2.05. The van der Waals surface area contributed by atoms with Crippen molar-refractivity contribution >= 4 is 34.9 Å². The molecule has 0 bridgehead atoms. The summed E-state index contributed by atoms with van der Waals surface area (Å²) in [6, 6.07) is 19.0. The molecule has 172 valence electrons. The summed E-state index contributed by atoms with van der Waals surface area (Å²) in [6.07, 6.45) is 3.65. The Kier molecular flexibility index (Phi) is 6.40. The number of anilines is 4. The lowest BCUT2D eigenvalue weighted by atomic mass is 10.3. The number of hydrogen-bond acceptors (Lipinski definition) is 8. The fourth-order valence-electron chi connectivity index (χ4n) is 3.76. The van der Waals surface area contributed by atoms with Crippen LogP contribution in [0.25, 0.3) is 0 Å². The van der Waals surface area contributed by atoms with Gasteiger partial charge in [-0.15, -0.1) is 0 Å². The van der Waals surface area contributed by atoms with Gasteiger partial charge in [0.1, 0.15) is 17.3 Å². The van der Waals surface area contributed by atoms with Crippen LogP contribution in [0, 0.1) is 6.92 Å². The molecule has 34 heavy (non-hydrogen) atoms. The van der Waals surface area contributed by atoms with Gasteiger partial charge in [0.25, 0.3) is 0 Å². The second-order valence-electron chi connectivity index (χ2n) is 7.89. The highest BCUT2D eigenvalue weighted by Crippen LogP contribution is 2.25. The van der Waals surface area contributed by atoms with Gasteiger partial charge in [-0.3, -0.25) is 4.98 Å². The Labute approximate surface area is 203 Å². The zero-order valence-corrected chi connectivity index (χ0v) is 19.5. The van der Waals surface area contributed by atoms with Crippen molar-refractivity contribution in [1.29, 1.82) is 0 Å². The zero-order chi connectivity index (χ0) is 23.3. The van der Waals surface area contributed by atoms with E-state index in [0.29, 0.717) is 22.7 Å². The number of ether oxygens (including phenoxy) is 1. The van der Waals surface area contributed by atoms with E-state index in [0.717, 1.165) is 43.4 Å². The van der Waals surface area contributed by atoms with E-state index in [9.17, 15) is 0 Å². The van der Waals surface area contributed by atoms with E-state index in [1.807, 2.05) is 67.8 Å². The van der Waals surface area contributed by atoms with Crippen LogP contribution in [0.4, 0.5) is 23.3 Å². The predicted molar refractivity (Wildman–Crippen MR) is 134 cm³/mol. The quantitative estimate of drug-likeness (QED) is 0.414. The van der Waals surface area contributed by atoms with Crippen molar-refractivity contribution in [2.75, 3.05) is 41.3 Å². The maximum atomic E-state index is 5.93. The van der Waals surface area contributed by atoms with Crippen molar-refractivity contribution in [3.05, 3.63) is 83.9 Å². The van der Waals surface area contributed by atoms with E-state index in [4.69, 9.17) is 16.3 Å². The molecule has 2 aromatic carbocycles. The second kappa shape index (κ2) is 9.93. The van der Waals surface area contributed by atoms with Gasteiger partial charge >= 0.3 is 0 Å². The Balaban J connectivity index is 1.23. The smallest absolute Gasteiger partial charge is 0.232 e. The molecule has 3 heterocycles. The Morgan fingerprint density at radius 2 is 1.38 bits per heavy atom. The molecular weight excluding hydrogens is 450 g/mol. The van der Waals surface area contributed by atoms with Gasteiger partial charge < -0.3 is 19.9 Å². The standard InChI is InChI=1S/C25H24ClN7O/c1-18-28-24(30-20-4-8-23(9-5-20)34-22-6-2-19(26)3-7-22)31-25(29-18)33-16-14-32(15-17-33)21-10-12-27-13-11-21/h2-13H,14-17H2,1H3,(H,28,29,30,31). The number of aromatic nitrogens is 4. The molecule has 1 saturated heterocycles. The number of nitrogens with one attached hydrogen (secondary N) is 1. The van der Waals surface area contributed by atoms with Gasteiger partial charge in [-0.25, -0.2) is 0 Å². The van der Waals surface area contributed by atoms with Gasteiger partial charge in [-0.1, -0.05) is 11.6 Å². The fourth-order valence-corrected chi connectivity index (χ4v) is 3.88. The van der Waals surface area contributed by atoms with Crippen molar-refractivity contribution in [1.82, 2.24) is 19.9 Å². The molecule has 0 spiro atoms. The first-order valence-corrected chi connectivity index (χ1v) is 11.4. The van der Waals surface area contributed by atoms with Gasteiger partial charge in [0.15, 0.2) is 0 Å². The van der Waals surface area contributed by atoms with Gasteiger partial charge in [-0.2, -0.15) is 15.0 Å². The van der Waals surface area contributed by atoms with Crippen LogP contribution in [-0.4, -0.2) is 46.1 Å². The lowest BCUT2D eigenvalue weighted by Gasteiger charge is -2.36. The first-order valence-electron chi connectivity index (χ1n) is 11.1. The number of rotatable bonds is 6. The number of benzene rings is 2. The van der Waals surface area contributed by atoms with Crippen molar-refractivity contribution in [3.63, 3.8) is 0 Å². The Morgan fingerprint density at radius 3 is 2.06 bits per heavy atom. The first kappa shape index (κ1) is 21.9. The third-order valence-electron chi connectivity index (χ3n) is 5.49. The number of piperazine rings is 1. The molecule has 0 aliphatic carbocycles. The van der Waals surface area contributed by atoms with Gasteiger partial charge in [0.2, 0.25) is 11.9 Å². The average Bonchev–Trinajstić information content (AvgIpc) is 2.87. The molecule has 0 saturated carbocycles. The molecule has 0 radical (unpaired) electrons. The third kappa shape index (κ3) is 5.35. The summed E-state index contributed by atoms with van der Waals surface area (Å²) in [4.78, 5) is 22.3. The Hall–Kier alpha value is -3.91. The van der Waals surface area contributed by atoms with Crippen LogP contribution in [0.3, 0.4) is 0 Å². The highest BCUT2D eigenvalue weighted by atomic mass is 35.5. The summed E-state index contributed by atoms with van der Waals surface area (Å²) >= 11 is 5.93. The molecule has 1 aliphatic rings. The van der Waals surface area contributed by atoms with Crippen LogP contribution in [0.1, 0.15) is 5.82 Å². The van der Waals surface area contributed by atoms with Crippen LogP contribution in [0.2, 0.25) is 5.02 Å². The highest BCUT2D eigenvalue weighted by molar-refractivity contribution is 6.30. The minimum absolute atomic E-state index is 0.519. The maximum Gasteiger partial charge on any atom is 0.232 e. The lowest BCUT2D eigenvalue weighted by Crippen LogP contribution is -2.47. The van der Waals surface area contributed by atoms with Gasteiger partial charge in [-0.05, 0) is 67.6 Å². The average molecular weight is 474 g/mol. The molecule has 4 aromatic rings. The van der Waals surface area contributed by atoms with Crippen molar-refractivity contribution < 1.29 is 4.74 Å². The Bertz CT molecular complexity index is 1230. The summed E-state index contributed by atoms with van der Waals surface area (Å²) in [7, 11) is 0. The van der Waals surface area contributed by atoms with Crippen molar-refractivity contribution in [2.24, 2.45) is 0 Å².